The first kappa shape index (κ1) is 8.94. The van der Waals surface area contributed by atoms with E-state index in [4.69, 9.17) is 0 Å². The van der Waals surface area contributed by atoms with E-state index in [2.05, 4.69) is 11.8 Å². The topological polar surface area (TPSA) is 26.3 Å². The lowest BCUT2D eigenvalue weighted by molar-refractivity contribution is 0.0947. The Morgan fingerprint density at radius 3 is 2.58 bits per heavy atom. The van der Waals surface area contributed by atoms with Gasteiger partial charge >= 0.3 is 0 Å². The van der Waals surface area contributed by atoms with Crippen LogP contribution < -0.4 is 0 Å². The highest BCUT2D eigenvalue weighted by atomic mass is 16.5. The van der Waals surface area contributed by atoms with E-state index >= 15 is 0 Å². The Morgan fingerprint density at radius 1 is 1.33 bits per heavy atom. The molecule has 0 unspecified atom stereocenters. The van der Waals surface area contributed by atoms with E-state index < -0.39 is 0 Å². The van der Waals surface area contributed by atoms with Crippen molar-refractivity contribution in [2.75, 3.05) is 6.61 Å². The van der Waals surface area contributed by atoms with Crippen LogP contribution in [0.1, 0.15) is 16.8 Å². The second-order valence-corrected chi connectivity index (χ2v) is 2.45. The summed E-state index contributed by atoms with van der Waals surface area (Å²) in [6.07, 6.45) is 0.396. The van der Waals surface area contributed by atoms with Gasteiger partial charge in [0, 0.05) is 12.0 Å². The SMILES string of the molecule is [CH2]OCCC(=O)c1ccccc1. The number of rotatable bonds is 4. The molecular weight excluding hydrogens is 152 g/mol. The zero-order chi connectivity index (χ0) is 8.81. The Labute approximate surface area is 72.2 Å². The molecule has 1 rings (SSSR count). The van der Waals surface area contributed by atoms with Crippen LogP contribution in [0.4, 0.5) is 0 Å². The third-order valence-electron chi connectivity index (χ3n) is 1.57. The van der Waals surface area contributed by atoms with Gasteiger partial charge in [-0.3, -0.25) is 4.79 Å². The average molecular weight is 163 g/mol. The molecule has 0 saturated carbocycles. The standard InChI is InChI=1S/C10H11O2/c1-12-8-7-10(11)9-5-3-2-4-6-9/h2-6H,1,7-8H2. The zero-order valence-corrected chi connectivity index (χ0v) is 6.82. The summed E-state index contributed by atoms with van der Waals surface area (Å²) in [5, 5.41) is 0. The minimum absolute atomic E-state index is 0.0965. The van der Waals surface area contributed by atoms with Gasteiger partial charge in [-0.1, -0.05) is 30.3 Å². The summed E-state index contributed by atoms with van der Waals surface area (Å²) in [5.41, 5.74) is 0.731. The molecule has 2 nitrogen and oxygen atoms in total. The first-order chi connectivity index (χ1) is 5.84. The quantitative estimate of drug-likeness (QED) is 0.635. The third kappa shape index (κ3) is 2.47. The molecule has 0 aromatic heterocycles. The molecule has 12 heavy (non-hydrogen) atoms. The summed E-state index contributed by atoms with van der Waals surface area (Å²) < 4.78 is 4.56. The van der Waals surface area contributed by atoms with E-state index in [1.165, 1.54) is 0 Å². The molecule has 0 amide bonds. The normalized spacial score (nSPS) is 9.75. The van der Waals surface area contributed by atoms with E-state index in [-0.39, 0.29) is 5.78 Å². The fraction of sp³-hybridized carbons (Fsp3) is 0.200. The zero-order valence-electron chi connectivity index (χ0n) is 6.82. The van der Waals surface area contributed by atoms with Crippen LogP contribution in [0.2, 0.25) is 0 Å². The summed E-state index contributed by atoms with van der Waals surface area (Å²) >= 11 is 0. The van der Waals surface area contributed by atoms with Crippen molar-refractivity contribution in [1.82, 2.24) is 0 Å². The Hall–Kier alpha value is -1.15. The van der Waals surface area contributed by atoms with Gasteiger partial charge in [-0.25, -0.2) is 0 Å². The first-order valence-electron chi connectivity index (χ1n) is 3.80. The summed E-state index contributed by atoms with van der Waals surface area (Å²) in [5.74, 6) is 0.0965. The molecule has 0 fully saturated rings. The van der Waals surface area contributed by atoms with Crippen molar-refractivity contribution in [2.45, 2.75) is 6.42 Å². The van der Waals surface area contributed by atoms with Crippen LogP contribution >= 0.6 is 0 Å². The van der Waals surface area contributed by atoms with E-state index in [0.717, 1.165) is 5.56 Å². The molecule has 0 aliphatic carbocycles. The van der Waals surface area contributed by atoms with E-state index in [0.29, 0.717) is 13.0 Å². The number of hydrogen-bond donors (Lipinski definition) is 0. The molecule has 0 atom stereocenters. The van der Waals surface area contributed by atoms with Crippen LogP contribution in [0.15, 0.2) is 30.3 Å². The Morgan fingerprint density at radius 2 is 2.00 bits per heavy atom. The van der Waals surface area contributed by atoms with Crippen molar-refractivity contribution in [3.63, 3.8) is 0 Å². The van der Waals surface area contributed by atoms with Gasteiger partial charge in [-0.15, -0.1) is 0 Å². The van der Waals surface area contributed by atoms with E-state index in [9.17, 15) is 4.79 Å². The van der Waals surface area contributed by atoms with Crippen LogP contribution in [0.25, 0.3) is 0 Å². The average Bonchev–Trinajstić information content (AvgIpc) is 2.15. The van der Waals surface area contributed by atoms with Crippen LogP contribution in [0.5, 0.6) is 0 Å². The fourth-order valence-electron chi connectivity index (χ4n) is 0.933. The van der Waals surface area contributed by atoms with Crippen LogP contribution in [0.3, 0.4) is 0 Å². The summed E-state index contributed by atoms with van der Waals surface area (Å²) in [6.45, 7) is 0.383. The first-order valence-corrected chi connectivity index (χ1v) is 3.80. The van der Waals surface area contributed by atoms with Gasteiger partial charge in [0.25, 0.3) is 0 Å². The van der Waals surface area contributed by atoms with Crippen molar-refractivity contribution in [3.05, 3.63) is 43.0 Å². The Balaban J connectivity index is 2.54. The highest BCUT2D eigenvalue weighted by molar-refractivity contribution is 5.96. The molecule has 0 aliphatic heterocycles. The summed E-state index contributed by atoms with van der Waals surface area (Å²) in [6, 6.07) is 9.17. The molecule has 2 heteroatoms. The van der Waals surface area contributed by atoms with E-state index in [1.807, 2.05) is 18.2 Å². The van der Waals surface area contributed by atoms with Gasteiger partial charge in [-0.05, 0) is 0 Å². The van der Waals surface area contributed by atoms with Gasteiger partial charge in [0.05, 0.1) is 13.7 Å². The predicted octanol–water partition coefficient (Wildman–Crippen LogP) is 2.07. The van der Waals surface area contributed by atoms with Gasteiger partial charge < -0.3 is 4.74 Å². The monoisotopic (exact) mass is 163 g/mol. The molecular formula is C10H11O2. The smallest absolute Gasteiger partial charge is 0.165 e. The van der Waals surface area contributed by atoms with Crippen LogP contribution in [0, 0.1) is 7.11 Å². The van der Waals surface area contributed by atoms with Crippen molar-refractivity contribution in [2.24, 2.45) is 0 Å². The second kappa shape index (κ2) is 4.67. The van der Waals surface area contributed by atoms with Crippen molar-refractivity contribution in [1.29, 1.82) is 0 Å². The fourth-order valence-corrected chi connectivity index (χ4v) is 0.933. The molecule has 0 saturated heterocycles. The molecule has 1 radical (unpaired) electrons. The van der Waals surface area contributed by atoms with Gasteiger partial charge in [0.2, 0.25) is 0 Å². The number of carbonyl (C=O) groups is 1. The van der Waals surface area contributed by atoms with Crippen LogP contribution in [-0.4, -0.2) is 12.4 Å². The van der Waals surface area contributed by atoms with Gasteiger partial charge in [0.1, 0.15) is 0 Å². The van der Waals surface area contributed by atoms with Crippen molar-refractivity contribution in [3.8, 4) is 0 Å². The molecule has 0 bridgehead atoms. The lowest BCUT2D eigenvalue weighted by Crippen LogP contribution is -2.01. The maximum Gasteiger partial charge on any atom is 0.165 e. The number of carbonyl (C=O) groups excluding carboxylic acids is 1. The minimum atomic E-state index is 0.0965. The minimum Gasteiger partial charge on any atom is -0.379 e. The number of hydrogen-bond acceptors (Lipinski definition) is 2. The van der Waals surface area contributed by atoms with Gasteiger partial charge in [-0.2, -0.15) is 0 Å². The maximum absolute atomic E-state index is 11.3. The maximum atomic E-state index is 11.3. The Bertz CT molecular complexity index is 241. The van der Waals surface area contributed by atoms with E-state index in [1.54, 1.807) is 12.1 Å². The molecule has 63 valence electrons. The molecule has 0 heterocycles. The van der Waals surface area contributed by atoms with Gasteiger partial charge in [0.15, 0.2) is 5.78 Å². The molecule has 1 aromatic carbocycles. The number of ether oxygens (including phenoxy) is 1. The summed E-state index contributed by atoms with van der Waals surface area (Å²) in [4.78, 5) is 11.3. The number of ketones is 1. The molecule has 0 N–H and O–H groups in total. The Kier molecular flexibility index (Phi) is 3.48. The van der Waals surface area contributed by atoms with Crippen molar-refractivity contribution >= 4 is 5.78 Å². The lowest BCUT2D eigenvalue weighted by Gasteiger charge is -1.98. The number of Topliss-reactive ketones (excluding diaryl/α,β-unsaturated/α-hetero) is 1. The largest absolute Gasteiger partial charge is 0.379 e. The molecule has 0 aliphatic rings. The van der Waals surface area contributed by atoms with Crippen molar-refractivity contribution < 1.29 is 9.53 Å². The lowest BCUT2D eigenvalue weighted by atomic mass is 10.1. The highest BCUT2D eigenvalue weighted by Gasteiger charge is 2.02. The van der Waals surface area contributed by atoms with Crippen LogP contribution in [-0.2, 0) is 4.74 Å². The number of benzene rings is 1. The second-order valence-electron chi connectivity index (χ2n) is 2.45. The third-order valence-corrected chi connectivity index (χ3v) is 1.57. The predicted molar refractivity (Wildman–Crippen MR) is 46.7 cm³/mol. The molecule has 1 aromatic rings. The summed E-state index contributed by atoms with van der Waals surface area (Å²) in [7, 11) is 3.20. The highest BCUT2D eigenvalue weighted by Crippen LogP contribution is 2.02. The molecule has 0 spiro atoms.